The Labute approximate surface area is 149 Å². The molecule has 0 unspecified atom stereocenters. The van der Waals surface area contributed by atoms with Gasteiger partial charge in [-0.2, -0.15) is 18.3 Å². The van der Waals surface area contributed by atoms with E-state index in [4.69, 9.17) is 5.41 Å². The van der Waals surface area contributed by atoms with E-state index >= 15 is 0 Å². The first-order valence-electron chi connectivity index (χ1n) is 6.38. The van der Waals surface area contributed by atoms with Crippen LogP contribution in [0.25, 0.3) is 9.28 Å². The predicted octanol–water partition coefficient (Wildman–Crippen LogP) is 4.82. The molecule has 0 radical (unpaired) electrons. The Kier molecular flexibility index (Phi) is 7.26. The van der Waals surface area contributed by atoms with E-state index in [1.165, 1.54) is 24.0 Å². The van der Waals surface area contributed by atoms with Gasteiger partial charge in [-0.05, 0) is 34.7 Å². The van der Waals surface area contributed by atoms with Gasteiger partial charge in [0.1, 0.15) is 11.5 Å². The smallest absolute Gasteiger partial charge is 0.296 e. The molecule has 0 spiro atoms. The van der Waals surface area contributed by atoms with Gasteiger partial charge in [0.2, 0.25) is 0 Å². The largest absolute Gasteiger partial charge is 0.432 e. The van der Waals surface area contributed by atoms with Crippen molar-refractivity contribution in [2.75, 3.05) is 7.05 Å². The number of alkyl halides is 3. The Bertz CT molecular complexity index is 739. The molecular weight excluding hydrogens is 439 g/mol. The van der Waals surface area contributed by atoms with Gasteiger partial charge in [-0.25, -0.2) is 9.07 Å². The quantitative estimate of drug-likeness (QED) is 0.286. The van der Waals surface area contributed by atoms with E-state index in [0.29, 0.717) is 15.2 Å². The number of aromatic nitrogens is 2. The number of halogens is 5. The Morgan fingerprint density at radius 2 is 2.12 bits per heavy atom. The highest BCUT2D eigenvalue weighted by atomic mass is 127. The summed E-state index contributed by atoms with van der Waals surface area (Å²) in [6, 6.07) is 0. The van der Waals surface area contributed by atoms with E-state index in [0.717, 1.165) is 18.4 Å². The predicted molar refractivity (Wildman–Crippen MR) is 96.1 cm³/mol. The van der Waals surface area contributed by atoms with Crippen LogP contribution < -0.4 is 0 Å². The van der Waals surface area contributed by atoms with Crippen LogP contribution in [0, 0.1) is 5.41 Å². The highest BCUT2D eigenvalue weighted by Gasteiger charge is 2.31. The fourth-order valence-corrected chi connectivity index (χ4v) is 1.89. The molecule has 0 aliphatic carbocycles. The zero-order chi connectivity index (χ0) is 18.3. The highest BCUT2D eigenvalue weighted by Crippen LogP contribution is 2.23. The second-order valence-electron chi connectivity index (χ2n) is 4.37. The van der Waals surface area contributed by atoms with E-state index in [1.54, 1.807) is 6.20 Å². The lowest BCUT2D eigenvalue weighted by Crippen LogP contribution is -2.18. The number of hydrogen-bond acceptors (Lipinski definition) is 3. The molecule has 1 aromatic heterocycles. The molecule has 0 aliphatic rings. The molecule has 0 amide bonds. The van der Waals surface area contributed by atoms with Gasteiger partial charge >= 0.3 is 6.18 Å². The fraction of sp³-hybridized carbons (Fsp3) is 0.133. The molecule has 1 heterocycles. The molecule has 4 nitrogen and oxygen atoms in total. The Morgan fingerprint density at radius 3 is 2.71 bits per heavy atom. The van der Waals surface area contributed by atoms with Crippen LogP contribution in [-0.4, -0.2) is 34.9 Å². The van der Waals surface area contributed by atoms with E-state index < -0.39 is 17.7 Å². The molecule has 0 fully saturated rings. The van der Waals surface area contributed by atoms with Crippen LogP contribution in [0.4, 0.5) is 17.6 Å². The van der Waals surface area contributed by atoms with Gasteiger partial charge in [0.15, 0.2) is 0 Å². The number of hydrogen-bond donors (Lipinski definition) is 1. The lowest BCUT2D eigenvalue weighted by Gasteiger charge is -2.01. The second-order valence-corrected chi connectivity index (χ2v) is 5.53. The van der Waals surface area contributed by atoms with Gasteiger partial charge in [-0.3, -0.25) is 10.4 Å². The summed E-state index contributed by atoms with van der Waals surface area (Å²) < 4.78 is 51.8. The van der Waals surface area contributed by atoms with Gasteiger partial charge in [0, 0.05) is 28.5 Å². The van der Waals surface area contributed by atoms with Crippen molar-refractivity contribution in [3.8, 4) is 0 Å². The van der Waals surface area contributed by atoms with Crippen LogP contribution in [-0.2, 0) is 0 Å². The van der Waals surface area contributed by atoms with E-state index in [-0.39, 0.29) is 5.70 Å². The third kappa shape index (κ3) is 6.22. The number of nitrogens with zero attached hydrogens (tertiary/aromatic N) is 3. The molecule has 0 saturated carbocycles. The standard InChI is InChI=1S/C15H13F4IN4/c1-10(6-12(16)8-22-2)24-9-11(7-23-24)13(20)4-3-5-14(21)15(17,18)19/h3-9,21H,1H2,2H3/b5-3-,12-6+,13-4-,21-14?,22-8-. The Hall–Kier alpha value is -2.04. The SMILES string of the molecule is C=C(/C=C(F)\C=N/C)n1cc(/C(I)=C/C=C\C(=N)C(F)(F)F)cn1. The fourth-order valence-electron chi connectivity index (χ4n) is 1.41. The average molecular weight is 452 g/mol. The summed E-state index contributed by atoms with van der Waals surface area (Å²) >= 11 is 1.92. The zero-order valence-corrected chi connectivity index (χ0v) is 14.6. The number of allylic oxidation sites excluding steroid dienone is 6. The topological polar surface area (TPSA) is 54.0 Å². The minimum absolute atomic E-state index is 0.261. The summed E-state index contributed by atoms with van der Waals surface area (Å²) in [6.45, 7) is 3.67. The van der Waals surface area contributed by atoms with Crippen molar-refractivity contribution >= 4 is 43.8 Å². The molecule has 1 N–H and O–H groups in total. The highest BCUT2D eigenvalue weighted by molar-refractivity contribution is 14.1. The van der Waals surface area contributed by atoms with Crippen molar-refractivity contribution in [2.24, 2.45) is 4.99 Å². The Balaban J connectivity index is 2.87. The van der Waals surface area contributed by atoms with Crippen LogP contribution in [0.1, 0.15) is 5.56 Å². The molecule has 0 aliphatic heterocycles. The lowest BCUT2D eigenvalue weighted by molar-refractivity contribution is -0.0584. The second kappa shape index (κ2) is 8.71. The number of nitrogens with one attached hydrogen (secondary N) is 1. The average Bonchev–Trinajstić information content (AvgIpc) is 2.96. The normalized spacial score (nSPS) is 13.9. The summed E-state index contributed by atoms with van der Waals surface area (Å²) in [7, 11) is 1.43. The van der Waals surface area contributed by atoms with E-state index in [1.807, 2.05) is 22.6 Å². The van der Waals surface area contributed by atoms with Crippen LogP contribution in [0.2, 0.25) is 0 Å². The van der Waals surface area contributed by atoms with Gasteiger partial charge in [-0.15, -0.1) is 0 Å². The molecule has 24 heavy (non-hydrogen) atoms. The first kappa shape index (κ1) is 20.0. The number of rotatable bonds is 6. The molecule has 0 atom stereocenters. The van der Waals surface area contributed by atoms with Gasteiger partial charge < -0.3 is 0 Å². The van der Waals surface area contributed by atoms with Crippen molar-refractivity contribution in [1.82, 2.24) is 9.78 Å². The summed E-state index contributed by atoms with van der Waals surface area (Å²) in [5.41, 5.74) is -0.569. The third-order valence-corrected chi connectivity index (χ3v) is 3.50. The zero-order valence-electron chi connectivity index (χ0n) is 12.5. The van der Waals surface area contributed by atoms with Crippen LogP contribution in [0.3, 0.4) is 0 Å². The molecule has 0 aromatic carbocycles. The van der Waals surface area contributed by atoms with Crippen LogP contribution >= 0.6 is 22.6 Å². The molecule has 1 rings (SSSR count). The minimum atomic E-state index is -4.67. The van der Waals surface area contributed by atoms with Crippen LogP contribution in [0.5, 0.6) is 0 Å². The Morgan fingerprint density at radius 1 is 1.46 bits per heavy atom. The molecule has 1 aromatic rings. The molecule has 0 saturated heterocycles. The van der Waals surface area contributed by atoms with Crippen molar-refractivity contribution in [3.63, 3.8) is 0 Å². The molecule has 0 bridgehead atoms. The monoisotopic (exact) mass is 452 g/mol. The first-order valence-corrected chi connectivity index (χ1v) is 7.46. The maximum atomic E-state index is 13.3. The molecule has 9 heteroatoms. The summed E-state index contributed by atoms with van der Waals surface area (Å²) in [5, 5.41) is 10.8. The number of aliphatic imine (C=N–C) groups is 1. The van der Waals surface area contributed by atoms with Crippen molar-refractivity contribution in [1.29, 1.82) is 5.41 Å². The van der Waals surface area contributed by atoms with Crippen molar-refractivity contribution in [2.45, 2.75) is 6.18 Å². The maximum Gasteiger partial charge on any atom is 0.432 e. The summed E-state index contributed by atoms with van der Waals surface area (Å²) in [6.07, 6.45) is 3.71. The van der Waals surface area contributed by atoms with E-state index in [2.05, 4.69) is 16.7 Å². The van der Waals surface area contributed by atoms with Gasteiger partial charge in [0.25, 0.3) is 0 Å². The van der Waals surface area contributed by atoms with Crippen molar-refractivity contribution in [3.05, 3.63) is 54.7 Å². The maximum absolute atomic E-state index is 13.3. The lowest BCUT2D eigenvalue weighted by atomic mass is 10.3. The van der Waals surface area contributed by atoms with Gasteiger partial charge in [-0.1, -0.05) is 12.7 Å². The molecular formula is C15H13F4IN4. The summed E-state index contributed by atoms with van der Waals surface area (Å²) in [4.78, 5) is 3.53. The van der Waals surface area contributed by atoms with Crippen molar-refractivity contribution < 1.29 is 17.6 Å². The van der Waals surface area contributed by atoms with Crippen LogP contribution in [0.15, 0.2) is 54.1 Å². The van der Waals surface area contributed by atoms with E-state index in [9.17, 15) is 17.6 Å². The third-order valence-electron chi connectivity index (χ3n) is 2.52. The first-order chi connectivity index (χ1) is 11.1. The molecule has 128 valence electrons. The van der Waals surface area contributed by atoms with Gasteiger partial charge in [0.05, 0.1) is 18.1 Å². The minimum Gasteiger partial charge on any atom is -0.296 e. The summed E-state index contributed by atoms with van der Waals surface area (Å²) in [5.74, 6) is -0.585.